The van der Waals surface area contributed by atoms with Gasteiger partial charge in [-0.1, -0.05) is 231 Å². The zero-order chi connectivity index (χ0) is 48.6. The molecule has 0 aliphatic carbocycles. The Balaban J connectivity index is 1.14. The average Bonchev–Trinajstić information content (AvgIpc) is 3.79. The third-order valence-electron chi connectivity index (χ3n) is 13.1. The first kappa shape index (κ1) is 43.0. The highest BCUT2D eigenvalue weighted by atomic mass is 15.6. The molecule has 73 heavy (non-hydrogen) atoms. The molecule has 0 N–H and O–H groups in total. The van der Waals surface area contributed by atoms with Crippen LogP contribution in [0.4, 0.5) is 23.5 Å². The average molecular weight is 939 g/mol. The summed E-state index contributed by atoms with van der Waals surface area (Å²) in [5.74, 6) is 3.61. The van der Waals surface area contributed by atoms with Crippen LogP contribution < -0.4 is 9.80 Å². The summed E-state index contributed by atoms with van der Waals surface area (Å²) in [5, 5.41) is 0. The van der Waals surface area contributed by atoms with Gasteiger partial charge < -0.3 is 0 Å². The number of para-hydroxylation sites is 2. The normalized spacial score (nSPS) is 12.7. The van der Waals surface area contributed by atoms with Crippen LogP contribution in [0, 0.1) is 0 Å². The van der Waals surface area contributed by atoms with Crippen molar-refractivity contribution in [2.75, 3.05) is 9.80 Å². The molecule has 0 bridgehead atoms. The summed E-state index contributed by atoms with van der Waals surface area (Å²) in [6.07, 6.45) is 0. The minimum Gasteiger partial charge on any atom is -0.258 e. The number of aromatic nitrogens is 8. The van der Waals surface area contributed by atoms with E-state index in [1.807, 2.05) is 182 Å². The molecule has 0 spiro atoms. The molecule has 0 radical (unpaired) electrons. The van der Waals surface area contributed by atoms with Crippen molar-refractivity contribution >= 4 is 34.6 Å². The van der Waals surface area contributed by atoms with Crippen LogP contribution in [0.2, 0.25) is 0 Å². The summed E-state index contributed by atoms with van der Waals surface area (Å²) in [4.78, 5) is 47.8. The first-order valence-corrected chi connectivity index (χ1v) is 24.1. The fourth-order valence-electron chi connectivity index (χ4n) is 9.75. The summed E-state index contributed by atoms with van der Waals surface area (Å²) >= 11 is 0. The quantitative estimate of drug-likeness (QED) is 0.131. The lowest BCUT2D eigenvalue weighted by atomic mass is 9.89. The molecule has 3 aromatic heterocycles. The predicted octanol–water partition coefficient (Wildman–Crippen LogP) is 14.2. The third kappa shape index (κ3) is 7.80. The first-order valence-electron chi connectivity index (χ1n) is 24.1. The van der Waals surface area contributed by atoms with Gasteiger partial charge in [-0.25, -0.2) is 19.9 Å². The van der Waals surface area contributed by atoms with Crippen LogP contribution in [0.25, 0.3) is 78.8 Å². The van der Waals surface area contributed by atoms with E-state index in [-0.39, 0.29) is 0 Å². The van der Waals surface area contributed by atoms with E-state index in [0.717, 1.165) is 55.6 Å². The molecular weight excluding hydrogens is 897 g/mol. The zero-order valence-corrected chi connectivity index (χ0v) is 39.2. The predicted molar refractivity (Wildman–Crippen MR) is 290 cm³/mol. The van der Waals surface area contributed by atoms with E-state index in [4.69, 9.17) is 39.9 Å². The van der Waals surface area contributed by atoms with Gasteiger partial charge in [0.2, 0.25) is 11.9 Å². The second kappa shape index (κ2) is 18.4. The topological polar surface area (TPSA) is 110 Å². The van der Waals surface area contributed by atoms with Gasteiger partial charge in [-0.2, -0.15) is 19.9 Å². The van der Waals surface area contributed by atoms with E-state index in [1.165, 1.54) is 0 Å². The Hall–Kier alpha value is -10.1. The summed E-state index contributed by atoms with van der Waals surface area (Å²) in [5.41, 5.74) is 9.22. The molecule has 12 aromatic rings. The third-order valence-corrected chi connectivity index (χ3v) is 13.1. The summed E-state index contributed by atoms with van der Waals surface area (Å²) in [7, 11) is 0. The van der Waals surface area contributed by atoms with Crippen molar-refractivity contribution in [1.82, 2.24) is 39.9 Å². The second-order valence-electron chi connectivity index (χ2n) is 17.6. The van der Waals surface area contributed by atoms with Gasteiger partial charge in [0, 0.05) is 33.4 Å². The fourth-order valence-corrected chi connectivity index (χ4v) is 9.75. The van der Waals surface area contributed by atoms with E-state index >= 15 is 0 Å². The summed E-state index contributed by atoms with van der Waals surface area (Å²) in [6.45, 7) is 0. The fraction of sp³-hybridized carbons (Fsp3) is 0.0159. The number of anilines is 4. The molecule has 0 fully saturated rings. The number of hydrogen-bond donors (Lipinski definition) is 0. The van der Waals surface area contributed by atoms with Gasteiger partial charge in [-0.3, -0.25) is 9.80 Å². The summed E-state index contributed by atoms with van der Waals surface area (Å²) < 4.78 is 0. The summed E-state index contributed by atoms with van der Waals surface area (Å²) in [6, 6.07) is 86.0. The maximum absolute atomic E-state index is 5.55. The van der Waals surface area contributed by atoms with Gasteiger partial charge in [0.05, 0.1) is 11.0 Å². The van der Waals surface area contributed by atoms with Crippen LogP contribution in [0.3, 0.4) is 0 Å². The molecule has 1 aliphatic heterocycles. The number of benzene rings is 9. The van der Waals surface area contributed by atoms with Gasteiger partial charge in [0.1, 0.15) is 0 Å². The van der Waals surface area contributed by atoms with Crippen LogP contribution in [-0.2, 0) is 5.66 Å². The number of fused-ring (bicyclic) bond motifs is 2. The Morgan fingerprint density at radius 1 is 0.233 bits per heavy atom. The minimum absolute atomic E-state index is 0.336. The van der Waals surface area contributed by atoms with Crippen LogP contribution in [0.5, 0.6) is 0 Å². The largest absolute Gasteiger partial charge is 0.258 e. The van der Waals surface area contributed by atoms with Crippen LogP contribution in [-0.4, -0.2) is 39.9 Å². The number of rotatable bonds is 10. The maximum atomic E-state index is 5.55. The monoisotopic (exact) mass is 938 g/mol. The van der Waals surface area contributed by atoms with E-state index in [1.54, 1.807) is 0 Å². The first-order chi connectivity index (χ1) is 36.2. The van der Waals surface area contributed by atoms with Gasteiger partial charge in [0.15, 0.2) is 40.6 Å². The molecule has 1 aliphatic rings. The van der Waals surface area contributed by atoms with Crippen LogP contribution in [0.15, 0.2) is 255 Å². The lowest BCUT2D eigenvalue weighted by molar-refractivity contribution is 0.537. The SMILES string of the molecule is c1ccc(-c2cccc(-c3nc(-c4ccccc4)nc(N4c5nc6ccccc6nc5N(c5nc(-c6ccccc6)nc(-c6cccc(-c7ccccc7)c6)n5)C4(c4ccccc4)c4ccccc4)n3)c2)cc1. The Bertz CT molecular complexity index is 3660. The molecule has 0 atom stereocenters. The van der Waals surface area contributed by atoms with Crippen LogP contribution in [0.1, 0.15) is 11.1 Å². The van der Waals surface area contributed by atoms with Crippen molar-refractivity contribution in [2.24, 2.45) is 0 Å². The van der Waals surface area contributed by atoms with Crippen molar-refractivity contribution in [1.29, 1.82) is 0 Å². The smallest absolute Gasteiger partial charge is 0.237 e. The Morgan fingerprint density at radius 3 is 0.890 bits per heavy atom. The molecule has 10 heteroatoms. The second-order valence-corrected chi connectivity index (χ2v) is 17.6. The lowest BCUT2D eigenvalue weighted by Gasteiger charge is -2.44. The number of nitrogens with zero attached hydrogens (tertiary/aromatic N) is 10. The highest BCUT2D eigenvalue weighted by molar-refractivity contribution is 5.92. The maximum Gasteiger partial charge on any atom is 0.237 e. The van der Waals surface area contributed by atoms with E-state index in [9.17, 15) is 0 Å². The Labute approximate surface area is 421 Å². The molecule has 0 amide bonds. The molecule has 4 heterocycles. The van der Waals surface area contributed by atoms with Crippen molar-refractivity contribution in [2.45, 2.75) is 5.66 Å². The van der Waals surface area contributed by atoms with Crippen LogP contribution >= 0.6 is 0 Å². The Kier molecular flexibility index (Phi) is 10.8. The Morgan fingerprint density at radius 2 is 0.521 bits per heavy atom. The zero-order valence-electron chi connectivity index (χ0n) is 39.2. The highest BCUT2D eigenvalue weighted by Gasteiger charge is 2.58. The van der Waals surface area contributed by atoms with E-state index in [0.29, 0.717) is 57.9 Å². The van der Waals surface area contributed by atoms with E-state index < -0.39 is 5.66 Å². The molecule has 344 valence electrons. The molecule has 0 saturated carbocycles. The van der Waals surface area contributed by atoms with Gasteiger partial charge >= 0.3 is 0 Å². The molecule has 10 nitrogen and oxygen atoms in total. The van der Waals surface area contributed by atoms with Gasteiger partial charge in [0.25, 0.3) is 0 Å². The van der Waals surface area contributed by atoms with Crippen molar-refractivity contribution in [3.63, 3.8) is 0 Å². The molecule has 0 saturated heterocycles. The standard InChI is InChI=1S/C63H42N10/c1-7-23-43(24-8-1)47-31-21-33-49(41-47)57-66-55(45-27-11-3-12-28-45)68-61(70-57)72-59-60(65-54-40-20-19-39-53(54)64-59)73(63(72,51-35-15-5-16-36-51)52-37-17-6-18-38-52)62-69-56(46-29-13-4-14-30-46)67-58(71-62)50-34-22-32-48(42-50)44-25-9-2-10-26-44/h1-42H. The van der Waals surface area contributed by atoms with Gasteiger partial charge in [-0.05, 0) is 46.5 Å². The molecular formula is C63H42N10. The van der Waals surface area contributed by atoms with Gasteiger partial charge in [-0.15, -0.1) is 0 Å². The van der Waals surface area contributed by atoms with Crippen molar-refractivity contribution < 1.29 is 0 Å². The lowest BCUT2D eigenvalue weighted by Crippen LogP contribution is -2.53. The highest BCUT2D eigenvalue weighted by Crippen LogP contribution is 2.58. The van der Waals surface area contributed by atoms with Crippen molar-refractivity contribution in [3.8, 4) is 67.8 Å². The molecule has 13 rings (SSSR count). The minimum atomic E-state index is -1.39. The van der Waals surface area contributed by atoms with Crippen molar-refractivity contribution in [3.05, 3.63) is 266 Å². The number of hydrogen-bond acceptors (Lipinski definition) is 10. The van der Waals surface area contributed by atoms with E-state index in [2.05, 4.69) is 82.6 Å². The molecule has 0 unspecified atom stereocenters. The molecule has 9 aromatic carbocycles.